The molecule has 0 aromatic carbocycles. The molecule has 2 heterocycles. The zero-order chi connectivity index (χ0) is 13.5. The summed E-state index contributed by atoms with van der Waals surface area (Å²) in [6.45, 7) is 4.26. The number of rotatable bonds is 6. The van der Waals surface area contributed by atoms with Crippen molar-refractivity contribution in [1.29, 1.82) is 0 Å². The van der Waals surface area contributed by atoms with Crippen LogP contribution in [0.3, 0.4) is 0 Å². The molecule has 0 unspecified atom stereocenters. The summed E-state index contributed by atoms with van der Waals surface area (Å²) in [4.78, 5) is 15.1. The Labute approximate surface area is 112 Å². The summed E-state index contributed by atoms with van der Waals surface area (Å²) < 4.78 is 10.3. The lowest BCUT2D eigenvalue weighted by Gasteiger charge is -2.27. The van der Waals surface area contributed by atoms with Crippen LogP contribution in [0.25, 0.3) is 0 Å². The van der Waals surface area contributed by atoms with Crippen molar-refractivity contribution in [3.05, 3.63) is 0 Å². The van der Waals surface area contributed by atoms with Crippen LogP contribution in [-0.4, -0.2) is 68.6 Å². The minimum atomic E-state index is 0.552. The Balaban J connectivity index is 2.10. The molecule has 2 rings (SSSR count). The number of nitrogens with one attached hydrogen (secondary N) is 2. The van der Waals surface area contributed by atoms with Crippen molar-refractivity contribution < 1.29 is 9.47 Å². The highest BCUT2D eigenvalue weighted by Crippen LogP contribution is 2.14. The molecule has 1 saturated heterocycles. The molecule has 19 heavy (non-hydrogen) atoms. The standard InChI is InChI=1S/C11H20N6O2/c1-12-9-14-10(13-3-6-18-2)16-11(15-9)17-4-7-19-8-5-17/h3-8H2,1-2H3,(H2,12,13,14,15,16). The third kappa shape index (κ3) is 3.90. The van der Waals surface area contributed by atoms with Crippen molar-refractivity contribution in [3.63, 3.8) is 0 Å². The Hall–Kier alpha value is -1.67. The van der Waals surface area contributed by atoms with E-state index in [2.05, 4.69) is 30.5 Å². The molecule has 0 radical (unpaired) electrons. The van der Waals surface area contributed by atoms with Crippen LogP contribution in [0, 0.1) is 0 Å². The summed E-state index contributed by atoms with van der Waals surface area (Å²) in [5, 5.41) is 6.06. The fourth-order valence-electron chi connectivity index (χ4n) is 1.73. The SMILES string of the molecule is CNc1nc(NCCOC)nc(N2CCOCC2)n1. The van der Waals surface area contributed by atoms with Crippen LogP contribution < -0.4 is 15.5 Å². The van der Waals surface area contributed by atoms with Gasteiger partial charge in [0.1, 0.15) is 0 Å². The van der Waals surface area contributed by atoms with Gasteiger partial charge in [0.2, 0.25) is 17.8 Å². The van der Waals surface area contributed by atoms with E-state index >= 15 is 0 Å². The molecule has 1 aromatic heterocycles. The highest BCUT2D eigenvalue weighted by molar-refractivity contribution is 5.43. The maximum Gasteiger partial charge on any atom is 0.232 e. The van der Waals surface area contributed by atoms with E-state index in [1.165, 1.54) is 0 Å². The summed E-state index contributed by atoms with van der Waals surface area (Å²) in [7, 11) is 3.45. The van der Waals surface area contributed by atoms with Crippen LogP contribution in [0.4, 0.5) is 17.8 Å². The lowest BCUT2D eigenvalue weighted by Crippen LogP contribution is -2.37. The lowest BCUT2D eigenvalue weighted by atomic mass is 10.4. The predicted molar refractivity (Wildman–Crippen MR) is 72.8 cm³/mol. The van der Waals surface area contributed by atoms with Crippen molar-refractivity contribution in [2.75, 3.05) is 69.1 Å². The van der Waals surface area contributed by atoms with Crippen LogP contribution in [0.2, 0.25) is 0 Å². The molecule has 1 aromatic rings. The Morgan fingerprint density at radius 1 is 1.21 bits per heavy atom. The van der Waals surface area contributed by atoms with Gasteiger partial charge in [-0.15, -0.1) is 0 Å². The van der Waals surface area contributed by atoms with E-state index in [1.54, 1.807) is 14.2 Å². The van der Waals surface area contributed by atoms with Gasteiger partial charge in [0.05, 0.1) is 19.8 Å². The van der Waals surface area contributed by atoms with Crippen molar-refractivity contribution in [2.24, 2.45) is 0 Å². The zero-order valence-electron chi connectivity index (χ0n) is 11.3. The van der Waals surface area contributed by atoms with Crippen LogP contribution in [0.1, 0.15) is 0 Å². The van der Waals surface area contributed by atoms with Gasteiger partial charge in [-0.2, -0.15) is 15.0 Å². The molecule has 1 aliphatic rings. The summed E-state index contributed by atoms with van der Waals surface area (Å²) in [6, 6.07) is 0. The van der Waals surface area contributed by atoms with Gasteiger partial charge in [0, 0.05) is 33.8 Å². The summed E-state index contributed by atoms with van der Waals surface area (Å²) in [5.41, 5.74) is 0. The van der Waals surface area contributed by atoms with Gasteiger partial charge in [0.15, 0.2) is 0 Å². The van der Waals surface area contributed by atoms with E-state index in [9.17, 15) is 0 Å². The average Bonchev–Trinajstić information content (AvgIpc) is 2.48. The van der Waals surface area contributed by atoms with Gasteiger partial charge in [0.25, 0.3) is 0 Å². The first-order valence-corrected chi connectivity index (χ1v) is 6.33. The third-order valence-electron chi connectivity index (χ3n) is 2.73. The second kappa shape index (κ2) is 7.05. The molecule has 2 N–H and O–H groups in total. The maximum atomic E-state index is 5.33. The van der Waals surface area contributed by atoms with Gasteiger partial charge < -0.3 is 25.0 Å². The van der Waals surface area contributed by atoms with Crippen molar-refractivity contribution in [3.8, 4) is 0 Å². The molecular formula is C11H20N6O2. The normalized spacial score (nSPS) is 15.4. The number of hydrogen-bond donors (Lipinski definition) is 2. The van der Waals surface area contributed by atoms with Gasteiger partial charge in [-0.25, -0.2) is 0 Å². The van der Waals surface area contributed by atoms with Gasteiger partial charge in [-0.05, 0) is 0 Å². The van der Waals surface area contributed by atoms with Crippen LogP contribution in [0.15, 0.2) is 0 Å². The summed E-state index contributed by atoms with van der Waals surface area (Å²) >= 11 is 0. The number of nitrogens with zero attached hydrogens (tertiary/aromatic N) is 4. The van der Waals surface area contributed by atoms with Gasteiger partial charge >= 0.3 is 0 Å². The summed E-state index contributed by atoms with van der Waals surface area (Å²) in [5.74, 6) is 1.77. The number of methoxy groups -OCH3 is 1. The average molecular weight is 268 g/mol. The second-order valence-corrected chi connectivity index (χ2v) is 4.05. The van der Waals surface area contributed by atoms with E-state index < -0.39 is 0 Å². The minimum Gasteiger partial charge on any atom is -0.383 e. The molecule has 0 bridgehead atoms. The third-order valence-corrected chi connectivity index (χ3v) is 2.73. The molecule has 0 aliphatic carbocycles. The fraction of sp³-hybridized carbons (Fsp3) is 0.727. The van der Waals surface area contributed by atoms with Crippen molar-refractivity contribution in [2.45, 2.75) is 0 Å². The first kappa shape index (κ1) is 13.8. The number of aromatic nitrogens is 3. The Bertz CT molecular complexity index is 397. The minimum absolute atomic E-state index is 0.552. The van der Waals surface area contributed by atoms with E-state index in [4.69, 9.17) is 9.47 Å². The highest BCUT2D eigenvalue weighted by Gasteiger charge is 2.16. The smallest absolute Gasteiger partial charge is 0.232 e. The monoisotopic (exact) mass is 268 g/mol. The van der Waals surface area contributed by atoms with Crippen LogP contribution in [0.5, 0.6) is 0 Å². The molecule has 8 heteroatoms. The molecule has 1 fully saturated rings. The number of hydrogen-bond acceptors (Lipinski definition) is 8. The van der Waals surface area contributed by atoms with E-state index in [1.807, 2.05) is 0 Å². The van der Waals surface area contributed by atoms with Crippen molar-refractivity contribution in [1.82, 2.24) is 15.0 Å². The van der Waals surface area contributed by atoms with Crippen molar-refractivity contribution >= 4 is 17.8 Å². The number of ether oxygens (including phenoxy) is 2. The first-order chi connectivity index (χ1) is 9.33. The van der Waals surface area contributed by atoms with Gasteiger partial charge in [-0.1, -0.05) is 0 Å². The number of morpholine rings is 1. The molecule has 8 nitrogen and oxygen atoms in total. The lowest BCUT2D eigenvalue weighted by molar-refractivity contribution is 0.122. The predicted octanol–water partition coefficient (Wildman–Crippen LogP) is -0.192. The molecular weight excluding hydrogens is 248 g/mol. The topological polar surface area (TPSA) is 84.4 Å². The van der Waals surface area contributed by atoms with E-state index in [-0.39, 0.29) is 0 Å². The fourth-order valence-corrected chi connectivity index (χ4v) is 1.73. The zero-order valence-corrected chi connectivity index (χ0v) is 11.3. The largest absolute Gasteiger partial charge is 0.383 e. The first-order valence-electron chi connectivity index (χ1n) is 6.33. The molecule has 0 saturated carbocycles. The molecule has 0 spiro atoms. The van der Waals surface area contributed by atoms with E-state index in [0.717, 1.165) is 13.1 Å². The Morgan fingerprint density at radius 3 is 2.63 bits per heavy atom. The Morgan fingerprint density at radius 2 is 1.95 bits per heavy atom. The molecule has 1 aliphatic heterocycles. The van der Waals surface area contributed by atoms with Crippen LogP contribution >= 0.6 is 0 Å². The quantitative estimate of drug-likeness (QED) is 0.687. The Kier molecular flexibility index (Phi) is 5.10. The molecule has 0 atom stereocenters. The number of anilines is 3. The molecule has 106 valence electrons. The van der Waals surface area contributed by atoms with Gasteiger partial charge in [-0.3, -0.25) is 0 Å². The van der Waals surface area contributed by atoms with E-state index in [0.29, 0.717) is 44.2 Å². The highest BCUT2D eigenvalue weighted by atomic mass is 16.5. The maximum absolute atomic E-state index is 5.33. The van der Waals surface area contributed by atoms with Crippen LogP contribution in [-0.2, 0) is 9.47 Å². The summed E-state index contributed by atoms with van der Waals surface area (Å²) in [6.07, 6.45) is 0. The molecule has 0 amide bonds. The second-order valence-electron chi connectivity index (χ2n) is 4.05.